The standard InChI is InChI=1S/C20H32N2O3S2/c1-5-18(20(23)21-12-13-26-17-8-6-7-9-17)22(27(4,24)25)19-14-15(2)10-11-16(19)3/h10-11,14,17-18H,5-9,12-13H2,1-4H3,(H,21,23)/t18-/m0/s1. The molecule has 0 spiro atoms. The minimum Gasteiger partial charge on any atom is -0.353 e. The molecule has 0 aliphatic heterocycles. The van der Waals surface area contributed by atoms with E-state index in [2.05, 4.69) is 5.32 Å². The number of sulfonamides is 1. The van der Waals surface area contributed by atoms with Crippen molar-refractivity contribution in [3.63, 3.8) is 0 Å². The number of benzene rings is 1. The molecule has 0 bridgehead atoms. The number of hydrogen-bond donors (Lipinski definition) is 1. The Morgan fingerprint density at radius 2 is 1.96 bits per heavy atom. The first kappa shape index (κ1) is 22.1. The zero-order chi connectivity index (χ0) is 20.0. The van der Waals surface area contributed by atoms with Crippen molar-refractivity contribution in [1.82, 2.24) is 5.32 Å². The second-order valence-corrected chi connectivity index (χ2v) is 10.6. The van der Waals surface area contributed by atoms with Crippen LogP contribution in [-0.2, 0) is 14.8 Å². The summed E-state index contributed by atoms with van der Waals surface area (Å²) >= 11 is 1.91. The molecule has 5 nitrogen and oxygen atoms in total. The monoisotopic (exact) mass is 412 g/mol. The van der Waals surface area contributed by atoms with Crippen molar-refractivity contribution in [1.29, 1.82) is 0 Å². The molecule has 1 atom stereocenters. The molecule has 0 radical (unpaired) electrons. The lowest BCUT2D eigenvalue weighted by Crippen LogP contribution is -2.50. The molecule has 1 saturated carbocycles. The van der Waals surface area contributed by atoms with Gasteiger partial charge in [-0.3, -0.25) is 9.10 Å². The lowest BCUT2D eigenvalue weighted by molar-refractivity contribution is -0.122. The largest absolute Gasteiger partial charge is 0.353 e. The van der Waals surface area contributed by atoms with Crippen LogP contribution < -0.4 is 9.62 Å². The number of nitrogens with one attached hydrogen (secondary N) is 1. The highest BCUT2D eigenvalue weighted by Gasteiger charge is 2.32. The van der Waals surface area contributed by atoms with Crippen molar-refractivity contribution >= 4 is 33.4 Å². The van der Waals surface area contributed by atoms with Gasteiger partial charge in [0.05, 0.1) is 11.9 Å². The highest BCUT2D eigenvalue weighted by Crippen LogP contribution is 2.29. The molecule has 7 heteroatoms. The van der Waals surface area contributed by atoms with E-state index in [0.29, 0.717) is 23.9 Å². The lowest BCUT2D eigenvalue weighted by Gasteiger charge is -2.31. The van der Waals surface area contributed by atoms with Gasteiger partial charge in [-0.05, 0) is 50.3 Å². The van der Waals surface area contributed by atoms with E-state index in [9.17, 15) is 13.2 Å². The second-order valence-electron chi connectivity index (χ2n) is 7.34. The maximum absolute atomic E-state index is 12.8. The molecular formula is C20H32N2O3S2. The van der Waals surface area contributed by atoms with Crippen LogP contribution in [-0.4, -0.2) is 44.2 Å². The number of thioether (sulfide) groups is 1. The molecular weight excluding hydrogens is 380 g/mol. The van der Waals surface area contributed by atoms with Crippen LogP contribution in [0.4, 0.5) is 5.69 Å². The minimum absolute atomic E-state index is 0.226. The topological polar surface area (TPSA) is 66.5 Å². The Bertz CT molecular complexity index is 744. The summed E-state index contributed by atoms with van der Waals surface area (Å²) in [6, 6.07) is 4.94. The molecule has 0 unspecified atom stereocenters. The quantitative estimate of drug-likeness (QED) is 0.629. The maximum Gasteiger partial charge on any atom is 0.243 e. The molecule has 2 rings (SSSR count). The number of aryl methyl sites for hydroxylation is 2. The van der Waals surface area contributed by atoms with Gasteiger partial charge in [0.1, 0.15) is 6.04 Å². The fraction of sp³-hybridized carbons (Fsp3) is 0.650. The normalized spacial score (nSPS) is 16.3. The Morgan fingerprint density at radius 1 is 1.30 bits per heavy atom. The predicted molar refractivity (Wildman–Crippen MR) is 115 cm³/mol. The van der Waals surface area contributed by atoms with E-state index in [1.165, 1.54) is 36.2 Å². The third kappa shape index (κ3) is 6.14. The van der Waals surface area contributed by atoms with E-state index in [0.717, 1.165) is 16.9 Å². The van der Waals surface area contributed by atoms with Crippen LogP contribution in [0.5, 0.6) is 0 Å². The molecule has 0 aromatic heterocycles. The number of nitrogens with zero attached hydrogens (tertiary/aromatic N) is 1. The van der Waals surface area contributed by atoms with Gasteiger partial charge in [-0.1, -0.05) is 31.9 Å². The third-order valence-corrected chi connectivity index (χ3v) is 7.54. The van der Waals surface area contributed by atoms with Crippen LogP contribution in [0, 0.1) is 13.8 Å². The molecule has 1 aliphatic carbocycles. The molecule has 152 valence electrons. The zero-order valence-electron chi connectivity index (χ0n) is 16.8. The fourth-order valence-electron chi connectivity index (χ4n) is 3.56. The Kier molecular flexibility index (Phi) is 8.04. The SMILES string of the molecule is CC[C@@H](C(=O)NCCSC1CCCC1)N(c1cc(C)ccc1C)S(C)(=O)=O. The van der Waals surface area contributed by atoms with Gasteiger partial charge in [0.2, 0.25) is 15.9 Å². The third-order valence-electron chi connectivity index (χ3n) is 4.99. The molecule has 1 aromatic carbocycles. The van der Waals surface area contributed by atoms with Gasteiger partial charge in [-0.2, -0.15) is 11.8 Å². The average molecular weight is 413 g/mol. The van der Waals surface area contributed by atoms with Crippen molar-refractivity contribution in [2.24, 2.45) is 0 Å². The maximum atomic E-state index is 12.8. The van der Waals surface area contributed by atoms with Crippen molar-refractivity contribution in [2.45, 2.75) is 64.2 Å². The van der Waals surface area contributed by atoms with E-state index in [-0.39, 0.29) is 5.91 Å². The summed E-state index contributed by atoms with van der Waals surface area (Å²) in [6.07, 6.45) is 6.74. The summed E-state index contributed by atoms with van der Waals surface area (Å²) in [6.45, 7) is 6.21. The van der Waals surface area contributed by atoms with Gasteiger partial charge < -0.3 is 5.32 Å². The van der Waals surface area contributed by atoms with Gasteiger partial charge in [-0.15, -0.1) is 0 Å². The highest BCUT2D eigenvalue weighted by atomic mass is 32.2. The average Bonchev–Trinajstić information content (AvgIpc) is 3.11. The molecule has 1 fully saturated rings. The molecule has 27 heavy (non-hydrogen) atoms. The Morgan fingerprint density at radius 3 is 2.56 bits per heavy atom. The zero-order valence-corrected chi connectivity index (χ0v) is 18.5. The Balaban J connectivity index is 2.09. The van der Waals surface area contributed by atoms with E-state index < -0.39 is 16.1 Å². The molecule has 0 heterocycles. The van der Waals surface area contributed by atoms with Crippen LogP contribution in [0.3, 0.4) is 0 Å². The van der Waals surface area contributed by atoms with Crippen molar-refractivity contribution in [3.05, 3.63) is 29.3 Å². The Labute approximate surface area is 168 Å². The minimum atomic E-state index is -3.59. The summed E-state index contributed by atoms with van der Waals surface area (Å²) < 4.78 is 26.4. The molecule has 0 saturated heterocycles. The van der Waals surface area contributed by atoms with Gasteiger partial charge in [0, 0.05) is 17.5 Å². The molecule has 1 N–H and O–H groups in total. The fourth-order valence-corrected chi connectivity index (χ4v) is 6.05. The smallest absolute Gasteiger partial charge is 0.243 e. The van der Waals surface area contributed by atoms with Gasteiger partial charge in [0.25, 0.3) is 0 Å². The van der Waals surface area contributed by atoms with E-state index in [1.54, 1.807) is 0 Å². The van der Waals surface area contributed by atoms with Crippen molar-refractivity contribution in [2.75, 3.05) is 22.9 Å². The summed E-state index contributed by atoms with van der Waals surface area (Å²) in [5.41, 5.74) is 2.39. The predicted octanol–water partition coefficient (Wildman–Crippen LogP) is 3.64. The number of anilines is 1. The van der Waals surface area contributed by atoms with Crippen LogP contribution in [0.2, 0.25) is 0 Å². The van der Waals surface area contributed by atoms with Gasteiger partial charge >= 0.3 is 0 Å². The van der Waals surface area contributed by atoms with Gasteiger partial charge in [-0.25, -0.2) is 8.42 Å². The first-order valence-electron chi connectivity index (χ1n) is 9.70. The molecule has 1 amide bonds. The first-order valence-corrected chi connectivity index (χ1v) is 12.6. The Hall–Kier alpha value is -1.21. The first-order chi connectivity index (χ1) is 12.7. The highest BCUT2D eigenvalue weighted by molar-refractivity contribution is 7.99. The van der Waals surface area contributed by atoms with Crippen LogP contribution in [0.15, 0.2) is 18.2 Å². The summed E-state index contributed by atoms with van der Waals surface area (Å²) in [7, 11) is -3.59. The van der Waals surface area contributed by atoms with Crippen LogP contribution in [0.25, 0.3) is 0 Å². The number of carbonyl (C=O) groups is 1. The van der Waals surface area contributed by atoms with Crippen LogP contribution in [0.1, 0.15) is 50.2 Å². The number of rotatable bonds is 9. The van der Waals surface area contributed by atoms with E-state index >= 15 is 0 Å². The lowest BCUT2D eigenvalue weighted by atomic mass is 10.1. The van der Waals surface area contributed by atoms with E-state index in [4.69, 9.17) is 0 Å². The second kappa shape index (κ2) is 9.82. The van der Waals surface area contributed by atoms with Crippen LogP contribution >= 0.6 is 11.8 Å². The summed E-state index contributed by atoms with van der Waals surface area (Å²) in [5.74, 6) is 0.644. The molecule has 1 aliphatic rings. The summed E-state index contributed by atoms with van der Waals surface area (Å²) in [5, 5.41) is 3.66. The number of hydrogen-bond acceptors (Lipinski definition) is 4. The van der Waals surface area contributed by atoms with Crippen molar-refractivity contribution in [3.8, 4) is 0 Å². The number of amides is 1. The number of carbonyl (C=O) groups excluding carboxylic acids is 1. The molecule has 1 aromatic rings. The van der Waals surface area contributed by atoms with Gasteiger partial charge in [0.15, 0.2) is 0 Å². The van der Waals surface area contributed by atoms with Crippen molar-refractivity contribution < 1.29 is 13.2 Å². The van der Waals surface area contributed by atoms with E-state index in [1.807, 2.05) is 50.7 Å². The summed E-state index contributed by atoms with van der Waals surface area (Å²) in [4.78, 5) is 12.8.